The number of ketones is 1. The third kappa shape index (κ3) is 7.04. The van der Waals surface area contributed by atoms with Crippen LogP contribution >= 0.6 is 0 Å². The van der Waals surface area contributed by atoms with E-state index < -0.39 is 60.9 Å². The molecule has 3 aliphatic rings. The summed E-state index contributed by atoms with van der Waals surface area (Å²) in [5.41, 5.74) is 1.05. The zero-order valence-electron chi connectivity index (χ0n) is 26.5. The molecular weight excluding hydrogens is 540 g/mol. The van der Waals surface area contributed by atoms with Crippen molar-refractivity contribution in [2.75, 3.05) is 13.2 Å². The van der Waals surface area contributed by atoms with Gasteiger partial charge in [-0.15, -0.1) is 0 Å². The van der Waals surface area contributed by atoms with Gasteiger partial charge in [-0.1, -0.05) is 52.3 Å². The number of hydrogen-bond donors (Lipinski definition) is 6. The Hall–Kier alpha value is -1.17. The highest BCUT2D eigenvalue weighted by Gasteiger charge is 2.56. The van der Waals surface area contributed by atoms with Gasteiger partial charge in [0.15, 0.2) is 6.29 Å². The lowest BCUT2D eigenvalue weighted by Gasteiger charge is -2.55. The number of carbonyl (C=O) groups excluding carboxylic acids is 1. The molecule has 0 amide bonds. The minimum atomic E-state index is -1.60. The fourth-order valence-corrected chi connectivity index (χ4v) is 8.50. The van der Waals surface area contributed by atoms with Crippen molar-refractivity contribution >= 4 is 5.78 Å². The number of fused-ring (bicyclic) bond motifs is 1. The molecule has 0 spiro atoms. The molecule has 0 radical (unpaired) electrons. The van der Waals surface area contributed by atoms with Crippen LogP contribution in [-0.4, -0.2) is 92.5 Å². The van der Waals surface area contributed by atoms with Crippen molar-refractivity contribution in [3.63, 3.8) is 0 Å². The van der Waals surface area contributed by atoms with Crippen molar-refractivity contribution < 1.29 is 44.9 Å². The molecule has 9 nitrogen and oxygen atoms in total. The first kappa shape index (κ1) is 35.3. The Bertz CT molecular complexity index is 963. The van der Waals surface area contributed by atoms with E-state index in [0.29, 0.717) is 18.3 Å². The zero-order chi connectivity index (χ0) is 31.5. The first-order valence-electron chi connectivity index (χ1n) is 15.9. The second kappa shape index (κ2) is 14.7. The molecule has 6 N–H and O–H groups in total. The van der Waals surface area contributed by atoms with Crippen LogP contribution in [-0.2, 0) is 14.3 Å². The van der Waals surface area contributed by atoms with E-state index in [-0.39, 0.29) is 36.6 Å². The lowest BCUT2D eigenvalue weighted by Crippen LogP contribution is -2.60. The van der Waals surface area contributed by atoms with Crippen molar-refractivity contribution in [2.45, 2.75) is 123 Å². The monoisotopic (exact) mass is 596 g/mol. The highest BCUT2D eigenvalue weighted by atomic mass is 16.7. The molecule has 14 atom stereocenters. The molecular formula is C33H56O9. The molecule has 2 aliphatic carbocycles. The summed E-state index contributed by atoms with van der Waals surface area (Å²) in [6, 6.07) is 0. The van der Waals surface area contributed by atoms with E-state index in [2.05, 4.69) is 19.9 Å². The standard InChI is InChI=1S/C33H56O9/c1-8-9-18(3)28(37)21(6)24(41-32-31(40)30(39)29(38)25(16-35)42-32)15-23-19(4)14-22-13-17(2)12-20(5)27(22)33(23,7)26(36)10-11-34/h9,14,17,20-25,27-32,34-35,37-40H,8,10-13,15-16H2,1-7H3/b18-9+/t17-,20+,21-,22+,23-,24-,25+,27-,28+,29+,30-,31+,32+,33+/m0/s1. The van der Waals surface area contributed by atoms with Crippen LogP contribution in [0.3, 0.4) is 0 Å². The Kier molecular flexibility index (Phi) is 12.4. The van der Waals surface area contributed by atoms with Gasteiger partial charge in [0.05, 0.1) is 18.8 Å². The van der Waals surface area contributed by atoms with E-state index in [0.717, 1.165) is 30.4 Å². The minimum absolute atomic E-state index is 0.0145. The summed E-state index contributed by atoms with van der Waals surface area (Å²) in [7, 11) is 0. The average molecular weight is 597 g/mol. The molecule has 0 bridgehead atoms. The van der Waals surface area contributed by atoms with Crippen LogP contribution in [0.2, 0.25) is 0 Å². The van der Waals surface area contributed by atoms with Gasteiger partial charge in [0.25, 0.3) is 0 Å². The highest BCUT2D eigenvalue weighted by Crippen LogP contribution is 2.58. The number of aliphatic hydroxyl groups excluding tert-OH is 6. The lowest BCUT2D eigenvalue weighted by atomic mass is 9.48. The fourth-order valence-electron chi connectivity index (χ4n) is 8.50. The quantitative estimate of drug-likeness (QED) is 0.186. The molecule has 0 unspecified atom stereocenters. The largest absolute Gasteiger partial charge is 0.396 e. The topological polar surface area (TPSA) is 157 Å². The maximum absolute atomic E-state index is 14.0. The normalized spacial score (nSPS) is 41.5. The molecule has 1 saturated heterocycles. The molecule has 9 heteroatoms. The van der Waals surface area contributed by atoms with Crippen molar-refractivity contribution in [1.82, 2.24) is 0 Å². The van der Waals surface area contributed by atoms with E-state index in [1.54, 1.807) is 0 Å². The maximum Gasteiger partial charge on any atom is 0.186 e. The van der Waals surface area contributed by atoms with Crippen LogP contribution in [0.1, 0.15) is 80.6 Å². The van der Waals surface area contributed by atoms with E-state index in [1.165, 1.54) is 0 Å². The van der Waals surface area contributed by atoms with Crippen LogP contribution in [0.4, 0.5) is 0 Å². The van der Waals surface area contributed by atoms with E-state index in [1.807, 2.05) is 40.7 Å². The summed E-state index contributed by atoms with van der Waals surface area (Å²) < 4.78 is 12.1. The van der Waals surface area contributed by atoms with Crippen LogP contribution in [0.5, 0.6) is 0 Å². The lowest BCUT2D eigenvalue weighted by molar-refractivity contribution is -0.317. The predicted molar refractivity (Wildman–Crippen MR) is 159 cm³/mol. The molecule has 0 aromatic heterocycles. The third-order valence-electron chi connectivity index (χ3n) is 10.6. The summed E-state index contributed by atoms with van der Waals surface area (Å²) in [6.07, 6.45) is -1.41. The number of Topliss-reactive ketones (excluding diaryl/α,β-unsaturated/α-hetero) is 1. The third-order valence-corrected chi connectivity index (χ3v) is 10.6. The Morgan fingerprint density at radius 3 is 2.43 bits per heavy atom. The smallest absolute Gasteiger partial charge is 0.186 e. The molecule has 42 heavy (non-hydrogen) atoms. The van der Waals surface area contributed by atoms with Crippen LogP contribution in [0.25, 0.3) is 0 Å². The number of hydrogen-bond acceptors (Lipinski definition) is 9. The van der Waals surface area contributed by atoms with Crippen molar-refractivity contribution in [3.8, 4) is 0 Å². The Labute approximate surface area is 251 Å². The van der Waals surface area contributed by atoms with Gasteiger partial charge in [0.2, 0.25) is 0 Å². The Balaban J connectivity index is 2.06. The van der Waals surface area contributed by atoms with Crippen LogP contribution in [0.15, 0.2) is 23.3 Å². The van der Waals surface area contributed by atoms with E-state index >= 15 is 0 Å². The maximum atomic E-state index is 14.0. The second-order valence-electron chi connectivity index (χ2n) is 13.7. The van der Waals surface area contributed by atoms with Gasteiger partial charge >= 0.3 is 0 Å². The highest BCUT2D eigenvalue weighted by molar-refractivity contribution is 5.86. The van der Waals surface area contributed by atoms with Gasteiger partial charge in [-0.25, -0.2) is 0 Å². The summed E-state index contributed by atoms with van der Waals surface area (Å²) in [4.78, 5) is 14.0. The molecule has 3 rings (SSSR count). The Morgan fingerprint density at radius 2 is 1.83 bits per heavy atom. The summed E-state index contributed by atoms with van der Waals surface area (Å²) >= 11 is 0. The molecule has 2 fully saturated rings. The van der Waals surface area contributed by atoms with Gasteiger partial charge < -0.3 is 40.1 Å². The van der Waals surface area contributed by atoms with Crippen LogP contribution in [0, 0.1) is 40.9 Å². The Morgan fingerprint density at radius 1 is 1.17 bits per heavy atom. The summed E-state index contributed by atoms with van der Waals surface area (Å²) in [5.74, 6) is 0.415. The van der Waals surface area contributed by atoms with Gasteiger partial charge in [-0.2, -0.15) is 0 Å². The van der Waals surface area contributed by atoms with Crippen LogP contribution < -0.4 is 0 Å². The number of carbonyl (C=O) groups is 1. The zero-order valence-corrected chi connectivity index (χ0v) is 26.5. The van der Waals surface area contributed by atoms with E-state index in [9.17, 15) is 35.4 Å². The molecule has 1 heterocycles. The molecule has 1 saturated carbocycles. The van der Waals surface area contributed by atoms with Gasteiger partial charge in [-0.05, 0) is 74.7 Å². The van der Waals surface area contributed by atoms with Crippen molar-refractivity contribution in [3.05, 3.63) is 23.3 Å². The molecule has 0 aromatic rings. The minimum Gasteiger partial charge on any atom is -0.396 e. The predicted octanol–water partition coefficient (Wildman–Crippen LogP) is 2.75. The fraction of sp³-hybridized carbons (Fsp3) is 0.848. The number of rotatable bonds is 12. The molecule has 242 valence electrons. The summed E-state index contributed by atoms with van der Waals surface area (Å²) in [6.45, 7) is 13.4. The number of ether oxygens (including phenoxy) is 2. The second-order valence-corrected chi connectivity index (χ2v) is 13.7. The molecule has 1 aliphatic heterocycles. The van der Waals surface area contributed by atoms with Crippen molar-refractivity contribution in [2.24, 2.45) is 40.9 Å². The van der Waals surface area contributed by atoms with Gasteiger partial charge in [-0.3, -0.25) is 4.79 Å². The SMILES string of the molecule is CC/C=C(\C)[C@@H](O)[C@@H](C)[C@H](C[C@H]1C(C)=C[C@H]2C[C@@H](C)C[C@@H](C)[C@@H]2[C@@]1(C)C(=O)CCO)O[C@@H]1O[C@H](CO)[C@@H](O)[C@H](O)[C@H]1O. The number of allylic oxidation sites excluding steroid dienone is 3. The van der Waals surface area contributed by atoms with Crippen molar-refractivity contribution in [1.29, 1.82) is 0 Å². The molecule has 0 aromatic carbocycles. The first-order valence-corrected chi connectivity index (χ1v) is 15.9. The van der Waals surface area contributed by atoms with E-state index in [4.69, 9.17) is 9.47 Å². The average Bonchev–Trinajstić information content (AvgIpc) is 2.93. The van der Waals surface area contributed by atoms with Gasteiger partial charge in [0, 0.05) is 24.4 Å². The summed E-state index contributed by atoms with van der Waals surface area (Å²) in [5, 5.41) is 62.5. The van der Waals surface area contributed by atoms with Gasteiger partial charge in [0.1, 0.15) is 30.2 Å². The first-order chi connectivity index (χ1) is 19.7. The number of aliphatic hydroxyl groups is 6.